The van der Waals surface area contributed by atoms with Gasteiger partial charge in [-0.2, -0.15) is 0 Å². The molecule has 1 atom stereocenters. The molecule has 2 rings (SSSR count). The molecule has 2 aliphatic heterocycles. The maximum Gasteiger partial charge on any atom is 0.223 e. The van der Waals surface area contributed by atoms with Gasteiger partial charge in [-0.05, 0) is 51.6 Å². The van der Waals surface area contributed by atoms with Crippen molar-refractivity contribution in [3.05, 3.63) is 0 Å². The van der Waals surface area contributed by atoms with Crippen LogP contribution in [0.2, 0.25) is 0 Å². The summed E-state index contributed by atoms with van der Waals surface area (Å²) in [6, 6.07) is 0. The van der Waals surface area contributed by atoms with Crippen molar-refractivity contribution in [1.82, 2.24) is 15.5 Å². The number of piperidine rings is 1. The van der Waals surface area contributed by atoms with E-state index in [2.05, 4.69) is 10.6 Å². The summed E-state index contributed by atoms with van der Waals surface area (Å²) in [5, 5.41) is 6.21. The van der Waals surface area contributed by atoms with Crippen molar-refractivity contribution >= 4 is 11.8 Å². The van der Waals surface area contributed by atoms with Gasteiger partial charge in [-0.15, -0.1) is 0 Å². The second-order valence-corrected chi connectivity index (χ2v) is 5.95. The Hall–Kier alpha value is -1.10. The van der Waals surface area contributed by atoms with Crippen molar-refractivity contribution in [3.63, 3.8) is 0 Å². The van der Waals surface area contributed by atoms with E-state index in [1.54, 1.807) is 0 Å². The van der Waals surface area contributed by atoms with Crippen LogP contribution in [0.5, 0.6) is 0 Å². The zero-order valence-electron chi connectivity index (χ0n) is 12.5. The predicted molar refractivity (Wildman–Crippen MR) is 78.2 cm³/mol. The molecule has 0 radical (unpaired) electrons. The van der Waals surface area contributed by atoms with Gasteiger partial charge in [-0.25, -0.2) is 0 Å². The first-order valence-corrected chi connectivity index (χ1v) is 7.97. The highest BCUT2D eigenvalue weighted by molar-refractivity contribution is 5.80. The van der Waals surface area contributed by atoms with Crippen LogP contribution < -0.4 is 10.6 Å². The molecular weight excluding hydrogens is 254 g/mol. The van der Waals surface area contributed by atoms with Gasteiger partial charge in [0, 0.05) is 32.0 Å². The summed E-state index contributed by atoms with van der Waals surface area (Å²) >= 11 is 0. The highest BCUT2D eigenvalue weighted by Gasteiger charge is 2.27. The van der Waals surface area contributed by atoms with Crippen molar-refractivity contribution in [2.75, 3.05) is 32.7 Å². The van der Waals surface area contributed by atoms with E-state index >= 15 is 0 Å². The maximum atomic E-state index is 12.2. The monoisotopic (exact) mass is 281 g/mol. The quantitative estimate of drug-likeness (QED) is 0.782. The lowest BCUT2D eigenvalue weighted by atomic mass is 9.95. The molecule has 2 N–H and O–H groups in total. The minimum atomic E-state index is 0.0954. The molecular formula is C15H27N3O2. The molecule has 0 aromatic heterocycles. The van der Waals surface area contributed by atoms with Crippen molar-refractivity contribution in [2.24, 2.45) is 11.8 Å². The number of amides is 2. The minimum absolute atomic E-state index is 0.0954. The van der Waals surface area contributed by atoms with Crippen LogP contribution in [0.15, 0.2) is 0 Å². The van der Waals surface area contributed by atoms with Gasteiger partial charge in [0.15, 0.2) is 0 Å². The Balaban J connectivity index is 1.67. The summed E-state index contributed by atoms with van der Waals surface area (Å²) in [6.45, 7) is 6.26. The highest BCUT2D eigenvalue weighted by Crippen LogP contribution is 2.20. The Morgan fingerprint density at radius 1 is 1.25 bits per heavy atom. The third-order valence-electron chi connectivity index (χ3n) is 4.50. The Kier molecular flexibility index (Phi) is 5.83. The number of hydrogen-bond acceptors (Lipinski definition) is 3. The fourth-order valence-corrected chi connectivity index (χ4v) is 3.16. The Labute approximate surface area is 121 Å². The van der Waals surface area contributed by atoms with Gasteiger partial charge >= 0.3 is 0 Å². The van der Waals surface area contributed by atoms with Crippen LogP contribution in [-0.2, 0) is 9.59 Å². The van der Waals surface area contributed by atoms with Crippen molar-refractivity contribution in [2.45, 2.75) is 39.0 Å². The van der Waals surface area contributed by atoms with Gasteiger partial charge in [0.25, 0.3) is 0 Å². The molecule has 0 aromatic rings. The molecule has 2 aliphatic rings. The number of likely N-dealkylation sites (tertiary alicyclic amines) is 1. The molecule has 5 heteroatoms. The first-order chi connectivity index (χ1) is 9.70. The smallest absolute Gasteiger partial charge is 0.223 e. The number of carbonyl (C=O) groups is 2. The molecule has 2 saturated heterocycles. The van der Waals surface area contributed by atoms with E-state index < -0.39 is 0 Å². The molecule has 0 spiro atoms. The largest absolute Gasteiger partial charge is 0.356 e. The first kappa shape index (κ1) is 15.3. The van der Waals surface area contributed by atoms with Gasteiger partial charge in [-0.3, -0.25) is 9.59 Å². The van der Waals surface area contributed by atoms with Crippen LogP contribution in [-0.4, -0.2) is 49.4 Å². The van der Waals surface area contributed by atoms with Gasteiger partial charge in [-0.1, -0.05) is 0 Å². The standard InChI is InChI=1S/C15H27N3O2/c1-2-17-15(20)13-6-9-18(10-7-13)14(19)4-3-12-5-8-16-11-12/h12-13,16H,2-11H2,1H3,(H,17,20). The zero-order chi connectivity index (χ0) is 14.4. The highest BCUT2D eigenvalue weighted by atomic mass is 16.2. The number of nitrogens with zero attached hydrogens (tertiary/aromatic N) is 1. The second-order valence-electron chi connectivity index (χ2n) is 5.95. The van der Waals surface area contributed by atoms with Crippen LogP contribution >= 0.6 is 0 Å². The molecule has 2 heterocycles. The molecule has 0 aromatic carbocycles. The third-order valence-corrected chi connectivity index (χ3v) is 4.50. The SMILES string of the molecule is CCNC(=O)C1CCN(C(=O)CCC2CCNC2)CC1. The molecule has 1 unspecified atom stereocenters. The fraction of sp³-hybridized carbons (Fsp3) is 0.867. The number of hydrogen-bond donors (Lipinski definition) is 2. The third kappa shape index (κ3) is 4.20. The van der Waals surface area contributed by atoms with E-state index in [-0.39, 0.29) is 17.7 Å². The lowest BCUT2D eigenvalue weighted by molar-refractivity contribution is -0.135. The number of carbonyl (C=O) groups excluding carboxylic acids is 2. The van der Waals surface area contributed by atoms with Crippen LogP contribution in [0.3, 0.4) is 0 Å². The van der Waals surface area contributed by atoms with E-state index in [9.17, 15) is 9.59 Å². The Morgan fingerprint density at radius 2 is 2.00 bits per heavy atom. The maximum absolute atomic E-state index is 12.2. The molecule has 2 fully saturated rings. The summed E-state index contributed by atoms with van der Waals surface area (Å²) in [5.74, 6) is 1.19. The molecule has 20 heavy (non-hydrogen) atoms. The van der Waals surface area contributed by atoms with E-state index in [0.717, 1.165) is 45.4 Å². The van der Waals surface area contributed by atoms with Crippen molar-refractivity contribution in [3.8, 4) is 0 Å². The van der Waals surface area contributed by atoms with Crippen LogP contribution in [0, 0.1) is 11.8 Å². The molecule has 114 valence electrons. The summed E-state index contributed by atoms with van der Waals surface area (Å²) in [7, 11) is 0. The Bertz CT molecular complexity index is 332. The van der Waals surface area contributed by atoms with Gasteiger partial charge in [0.05, 0.1) is 0 Å². The molecule has 5 nitrogen and oxygen atoms in total. The minimum Gasteiger partial charge on any atom is -0.356 e. The van der Waals surface area contributed by atoms with Crippen LogP contribution in [0.4, 0.5) is 0 Å². The van der Waals surface area contributed by atoms with Gasteiger partial charge in [0.2, 0.25) is 11.8 Å². The molecule has 0 aliphatic carbocycles. The van der Waals surface area contributed by atoms with Gasteiger partial charge < -0.3 is 15.5 Å². The first-order valence-electron chi connectivity index (χ1n) is 7.97. The molecule has 0 saturated carbocycles. The summed E-state index contributed by atoms with van der Waals surface area (Å²) in [5.41, 5.74) is 0. The predicted octanol–water partition coefficient (Wildman–Crippen LogP) is 0.751. The lowest BCUT2D eigenvalue weighted by Gasteiger charge is -2.31. The molecule has 0 bridgehead atoms. The lowest BCUT2D eigenvalue weighted by Crippen LogP contribution is -2.43. The Morgan fingerprint density at radius 3 is 2.60 bits per heavy atom. The fourth-order valence-electron chi connectivity index (χ4n) is 3.16. The summed E-state index contributed by atoms with van der Waals surface area (Å²) in [4.78, 5) is 25.9. The van der Waals surface area contributed by atoms with E-state index in [1.165, 1.54) is 6.42 Å². The van der Waals surface area contributed by atoms with E-state index in [4.69, 9.17) is 0 Å². The summed E-state index contributed by atoms with van der Waals surface area (Å²) < 4.78 is 0. The van der Waals surface area contributed by atoms with Crippen LogP contribution in [0.1, 0.15) is 39.0 Å². The van der Waals surface area contributed by atoms with Gasteiger partial charge in [0.1, 0.15) is 0 Å². The van der Waals surface area contributed by atoms with Crippen LogP contribution in [0.25, 0.3) is 0 Å². The molecule has 2 amide bonds. The topological polar surface area (TPSA) is 61.4 Å². The number of nitrogens with one attached hydrogen (secondary N) is 2. The van der Waals surface area contributed by atoms with Crippen molar-refractivity contribution in [1.29, 1.82) is 0 Å². The zero-order valence-corrected chi connectivity index (χ0v) is 12.5. The normalized spacial score (nSPS) is 23.9. The average molecular weight is 281 g/mol. The van der Waals surface area contributed by atoms with Crippen molar-refractivity contribution < 1.29 is 9.59 Å². The van der Waals surface area contributed by atoms with E-state index in [0.29, 0.717) is 18.9 Å². The summed E-state index contributed by atoms with van der Waals surface area (Å²) in [6.07, 6.45) is 4.48. The second kappa shape index (κ2) is 7.62. The number of rotatable bonds is 5. The van der Waals surface area contributed by atoms with E-state index in [1.807, 2.05) is 11.8 Å². The average Bonchev–Trinajstić information content (AvgIpc) is 2.98.